The molecule has 3 rings (SSSR count). The molecule has 1 amide bonds. The van der Waals surface area contributed by atoms with Gasteiger partial charge in [-0.15, -0.1) is 0 Å². The summed E-state index contributed by atoms with van der Waals surface area (Å²) in [6, 6.07) is 0. The summed E-state index contributed by atoms with van der Waals surface area (Å²) in [6.45, 7) is 4.56. The first-order chi connectivity index (χ1) is 10.3. The second-order valence-electron chi connectivity index (χ2n) is 6.40. The van der Waals surface area contributed by atoms with Gasteiger partial charge in [0.05, 0.1) is 12.2 Å². The monoisotopic (exact) mass is 297 g/mol. The van der Waals surface area contributed by atoms with Gasteiger partial charge in [0.2, 0.25) is 5.91 Å². The van der Waals surface area contributed by atoms with E-state index in [0.29, 0.717) is 13.2 Å². The molecule has 120 valence electrons. The molecule has 0 saturated carbocycles. The van der Waals surface area contributed by atoms with E-state index in [1.54, 1.807) is 0 Å². The number of carbonyl (C=O) groups excluding carboxylic acids is 1. The minimum absolute atomic E-state index is 0.126. The van der Waals surface area contributed by atoms with Crippen molar-refractivity contribution in [2.75, 3.05) is 39.5 Å². The fourth-order valence-electron chi connectivity index (χ4n) is 3.53. The lowest BCUT2D eigenvalue weighted by Crippen LogP contribution is -2.45. The molecule has 21 heavy (non-hydrogen) atoms. The van der Waals surface area contributed by atoms with Crippen molar-refractivity contribution in [1.82, 2.24) is 4.90 Å². The molecule has 3 aliphatic rings. The molecular formula is C16H27NO4. The number of rotatable bonds is 5. The molecule has 0 aromatic rings. The van der Waals surface area contributed by atoms with E-state index in [-0.39, 0.29) is 24.0 Å². The van der Waals surface area contributed by atoms with Gasteiger partial charge < -0.3 is 19.1 Å². The summed E-state index contributed by atoms with van der Waals surface area (Å²) in [5.74, 6) is 0.408. The Hall–Kier alpha value is -0.650. The van der Waals surface area contributed by atoms with Crippen LogP contribution >= 0.6 is 0 Å². The zero-order valence-electron chi connectivity index (χ0n) is 12.8. The van der Waals surface area contributed by atoms with Crippen molar-refractivity contribution in [1.29, 1.82) is 0 Å². The fourth-order valence-corrected chi connectivity index (χ4v) is 3.53. The van der Waals surface area contributed by atoms with Gasteiger partial charge >= 0.3 is 0 Å². The number of amides is 1. The smallest absolute Gasteiger partial charge is 0.226 e. The zero-order valence-corrected chi connectivity index (χ0v) is 12.8. The van der Waals surface area contributed by atoms with Crippen molar-refractivity contribution in [3.63, 3.8) is 0 Å². The summed E-state index contributed by atoms with van der Waals surface area (Å²) in [5.41, 5.74) is 0. The van der Waals surface area contributed by atoms with Crippen LogP contribution < -0.4 is 0 Å². The summed E-state index contributed by atoms with van der Waals surface area (Å²) in [7, 11) is 0. The van der Waals surface area contributed by atoms with Crippen molar-refractivity contribution < 1.29 is 19.0 Å². The van der Waals surface area contributed by atoms with Crippen LogP contribution in [0.25, 0.3) is 0 Å². The molecule has 3 saturated heterocycles. The molecule has 3 fully saturated rings. The quantitative estimate of drug-likeness (QED) is 0.773. The molecule has 0 aromatic heterocycles. The third-order valence-electron chi connectivity index (χ3n) is 4.78. The van der Waals surface area contributed by atoms with Crippen molar-refractivity contribution in [3.8, 4) is 0 Å². The molecule has 0 aromatic carbocycles. The lowest BCUT2D eigenvalue weighted by molar-refractivity contribution is -0.141. The average molecular weight is 297 g/mol. The van der Waals surface area contributed by atoms with Gasteiger partial charge in [-0.25, -0.2) is 0 Å². The summed E-state index contributed by atoms with van der Waals surface area (Å²) >= 11 is 0. The van der Waals surface area contributed by atoms with E-state index in [0.717, 1.165) is 64.8 Å². The van der Waals surface area contributed by atoms with Gasteiger partial charge in [-0.05, 0) is 38.5 Å². The van der Waals surface area contributed by atoms with Crippen molar-refractivity contribution in [2.24, 2.45) is 5.92 Å². The third kappa shape index (κ3) is 4.18. The Morgan fingerprint density at radius 2 is 1.43 bits per heavy atom. The molecule has 5 nitrogen and oxygen atoms in total. The van der Waals surface area contributed by atoms with Gasteiger partial charge in [0.1, 0.15) is 0 Å². The standard InChI is InChI=1S/C16H27NO4/c18-16(13-5-9-19-10-6-13)17(11-14-3-1-7-20-14)12-15-4-2-8-21-15/h13-15H,1-12H2. The van der Waals surface area contributed by atoms with Crippen LogP contribution in [0, 0.1) is 5.92 Å². The number of hydrogen-bond acceptors (Lipinski definition) is 4. The normalized spacial score (nSPS) is 30.7. The van der Waals surface area contributed by atoms with E-state index < -0.39 is 0 Å². The predicted octanol–water partition coefficient (Wildman–Crippen LogP) is 1.60. The Bertz CT molecular complexity index is 313. The fraction of sp³-hybridized carbons (Fsp3) is 0.938. The van der Waals surface area contributed by atoms with Crippen LogP contribution in [0.2, 0.25) is 0 Å². The first kappa shape index (κ1) is 15.3. The lowest BCUT2D eigenvalue weighted by Gasteiger charge is -2.32. The molecular weight excluding hydrogens is 270 g/mol. The summed E-state index contributed by atoms with van der Waals surface area (Å²) in [6.07, 6.45) is 6.52. The molecule has 0 spiro atoms. The molecule has 0 bridgehead atoms. The molecule has 2 unspecified atom stereocenters. The van der Waals surface area contributed by atoms with E-state index in [1.807, 2.05) is 4.90 Å². The zero-order chi connectivity index (χ0) is 14.5. The first-order valence-electron chi connectivity index (χ1n) is 8.42. The van der Waals surface area contributed by atoms with E-state index in [1.165, 1.54) is 0 Å². The Morgan fingerprint density at radius 1 is 0.857 bits per heavy atom. The number of carbonyl (C=O) groups is 1. The van der Waals surface area contributed by atoms with Crippen LogP contribution in [0.3, 0.4) is 0 Å². The Kier molecular flexibility index (Phi) is 5.49. The van der Waals surface area contributed by atoms with Gasteiger partial charge in [-0.1, -0.05) is 0 Å². The molecule has 0 N–H and O–H groups in total. The number of ether oxygens (including phenoxy) is 3. The Labute approximate surface area is 126 Å². The maximum atomic E-state index is 12.8. The number of nitrogens with zero attached hydrogens (tertiary/aromatic N) is 1. The highest BCUT2D eigenvalue weighted by molar-refractivity contribution is 5.79. The second-order valence-corrected chi connectivity index (χ2v) is 6.40. The van der Waals surface area contributed by atoms with Crippen LogP contribution in [0.5, 0.6) is 0 Å². The highest BCUT2D eigenvalue weighted by Crippen LogP contribution is 2.22. The first-order valence-corrected chi connectivity index (χ1v) is 8.42. The molecule has 5 heteroatoms. The minimum atomic E-state index is 0.126. The van der Waals surface area contributed by atoms with Crippen LogP contribution in [0.1, 0.15) is 38.5 Å². The Balaban J connectivity index is 1.59. The van der Waals surface area contributed by atoms with E-state index in [2.05, 4.69) is 0 Å². The van der Waals surface area contributed by atoms with Crippen molar-refractivity contribution >= 4 is 5.91 Å². The lowest BCUT2D eigenvalue weighted by atomic mass is 9.98. The average Bonchev–Trinajstić information content (AvgIpc) is 3.20. The third-order valence-corrected chi connectivity index (χ3v) is 4.78. The van der Waals surface area contributed by atoms with Gasteiger partial charge in [0.15, 0.2) is 0 Å². The van der Waals surface area contributed by atoms with Gasteiger partial charge in [-0.3, -0.25) is 4.79 Å². The molecule has 0 aliphatic carbocycles. The van der Waals surface area contributed by atoms with E-state index >= 15 is 0 Å². The molecule has 2 atom stereocenters. The van der Waals surface area contributed by atoms with Crippen LogP contribution in [0.15, 0.2) is 0 Å². The Morgan fingerprint density at radius 3 is 1.90 bits per heavy atom. The van der Waals surface area contributed by atoms with E-state index in [9.17, 15) is 4.79 Å². The van der Waals surface area contributed by atoms with Gasteiger partial charge in [-0.2, -0.15) is 0 Å². The topological polar surface area (TPSA) is 48.0 Å². The summed E-state index contributed by atoms with van der Waals surface area (Å²) in [5, 5.41) is 0. The summed E-state index contributed by atoms with van der Waals surface area (Å²) < 4.78 is 16.8. The van der Waals surface area contributed by atoms with Crippen LogP contribution in [-0.4, -0.2) is 62.5 Å². The van der Waals surface area contributed by atoms with Crippen molar-refractivity contribution in [2.45, 2.75) is 50.7 Å². The SMILES string of the molecule is O=C(C1CCOCC1)N(CC1CCCO1)CC1CCCO1. The highest BCUT2D eigenvalue weighted by Gasteiger charge is 2.31. The van der Waals surface area contributed by atoms with Gasteiger partial charge in [0.25, 0.3) is 0 Å². The predicted molar refractivity (Wildman–Crippen MR) is 78.1 cm³/mol. The van der Waals surface area contributed by atoms with Crippen LogP contribution in [0.4, 0.5) is 0 Å². The van der Waals surface area contributed by atoms with Crippen molar-refractivity contribution in [3.05, 3.63) is 0 Å². The second kappa shape index (κ2) is 7.56. The van der Waals surface area contributed by atoms with Crippen LogP contribution in [-0.2, 0) is 19.0 Å². The molecule has 3 aliphatic heterocycles. The maximum absolute atomic E-state index is 12.8. The summed E-state index contributed by atoms with van der Waals surface area (Å²) in [4.78, 5) is 14.8. The molecule has 3 heterocycles. The molecule has 0 radical (unpaired) electrons. The van der Waals surface area contributed by atoms with Gasteiger partial charge in [0, 0.05) is 45.4 Å². The maximum Gasteiger partial charge on any atom is 0.226 e. The highest BCUT2D eigenvalue weighted by atomic mass is 16.5. The number of hydrogen-bond donors (Lipinski definition) is 0. The minimum Gasteiger partial charge on any atom is -0.381 e. The largest absolute Gasteiger partial charge is 0.381 e. The van der Waals surface area contributed by atoms with E-state index in [4.69, 9.17) is 14.2 Å².